The Bertz CT molecular complexity index is 140. The fraction of sp³-hybridized carbons (Fsp3) is 0.375. The summed E-state index contributed by atoms with van der Waals surface area (Å²) in [5, 5.41) is 3.11. The lowest BCUT2D eigenvalue weighted by atomic mass is 9.92. The molecule has 1 saturated heterocycles. The van der Waals surface area contributed by atoms with Gasteiger partial charge in [0.15, 0.2) is 0 Å². The van der Waals surface area contributed by atoms with Crippen LogP contribution in [0, 0.1) is 18.4 Å². The van der Waals surface area contributed by atoms with Crippen molar-refractivity contribution in [3.63, 3.8) is 0 Å². The summed E-state index contributed by atoms with van der Waals surface area (Å²) in [4.78, 5) is 0. The first-order valence-electron chi connectivity index (χ1n) is 3.30. The van der Waals surface area contributed by atoms with Crippen molar-refractivity contribution in [2.24, 2.45) is 11.8 Å². The molecule has 2 radical (unpaired) electrons. The molecule has 1 N–H and O–H groups in total. The fourth-order valence-electron chi connectivity index (χ4n) is 1.30. The second-order valence-corrected chi connectivity index (χ2v) is 2.48. The molecule has 1 heterocycles. The molecule has 1 aliphatic carbocycles. The summed E-state index contributed by atoms with van der Waals surface area (Å²) >= 11 is 0. The number of allylic oxidation sites excluding steroid dienone is 2. The highest BCUT2D eigenvalue weighted by atomic mass is 14.9. The minimum atomic E-state index is 0.537. The molecule has 0 bridgehead atoms. The summed E-state index contributed by atoms with van der Waals surface area (Å²) in [6.45, 7) is 4.23. The van der Waals surface area contributed by atoms with Gasteiger partial charge >= 0.3 is 0 Å². The highest BCUT2D eigenvalue weighted by Crippen LogP contribution is 2.24. The second-order valence-electron chi connectivity index (χ2n) is 2.48. The number of nitrogens with one attached hydrogen (secondary N) is 1. The third-order valence-corrected chi connectivity index (χ3v) is 1.86. The van der Waals surface area contributed by atoms with Gasteiger partial charge in [0, 0.05) is 12.5 Å². The van der Waals surface area contributed by atoms with E-state index in [-0.39, 0.29) is 0 Å². The van der Waals surface area contributed by atoms with E-state index in [1.165, 1.54) is 0 Å². The van der Waals surface area contributed by atoms with Crippen LogP contribution in [0.2, 0.25) is 0 Å². The zero-order chi connectivity index (χ0) is 6.10. The molecule has 0 spiro atoms. The third-order valence-electron chi connectivity index (χ3n) is 1.86. The number of rotatable bonds is 0. The number of hydrogen-bond acceptors (Lipinski definition) is 1. The summed E-state index contributed by atoms with van der Waals surface area (Å²) in [5.74, 6) is 1.21. The number of hydrogen-bond donors (Lipinski definition) is 1. The number of fused-ring (bicyclic) bond motifs is 1. The van der Waals surface area contributed by atoms with Gasteiger partial charge in [-0.15, -0.1) is 0 Å². The molecule has 0 amide bonds. The van der Waals surface area contributed by atoms with Gasteiger partial charge in [-0.25, -0.2) is 0 Å². The predicted molar refractivity (Wildman–Crippen MR) is 36.5 cm³/mol. The van der Waals surface area contributed by atoms with Crippen molar-refractivity contribution in [3.05, 3.63) is 30.8 Å². The van der Waals surface area contributed by atoms with Crippen LogP contribution in [0.3, 0.4) is 0 Å². The van der Waals surface area contributed by atoms with Crippen LogP contribution in [0.15, 0.2) is 24.3 Å². The molecule has 2 rings (SSSR count). The minimum Gasteiger partial charge on any atom is -0.307 e. The Labute approximate surface area is 55.5 Å². The van der Waals surface area contributed by atoms with Gasteiger partial charge in [-0.3, -0.25) is 0 Å². The highest BCUT2D eigenvalue weighted by molar-refractivity contribution is 5.19. The largest absolute Gasteiger partial charge is 0.307 e. The molecule has 46 valence electrons. The molecule has 2 atom stereocenters. The molecule has 9 heavy (non-hydrogen) atoms. The Morgan fingerprint density at radius 2 is 2.22 bits per heavy atom. The van der Waals surface area contributed by atoms with Gasteiger partial charge in [-0.05, 0) is 5.92 Å². The Morgan fingerprint density at radius 3 is 3.11 bits per heavy atom. The zero-order valence-electron chi connectivity index (χ0n) is 5.17. The van der Waals surface area contributed by atoms with Gasteiger partial charge in [0.2, 0.25) is 0 Å². The Morgan fingerprint density at radius 1 is 1.33 bits per heavy atom. The lowest BCUT2D eigenvalue weighted by Crippen LogP contribution is -2.08. The average Bonchev–Trinajstić information content (AvgIpc) is 2.33. The standard InChI is InChI=1S/C8H9N/c1-2-4-8-6-9-5-7(8)3-1/h1-4,7-9H,5H2. The smallest absolute Gasteiger partial charge is 0.0668 e. The maximum Gasteiger partial charge on any atom is 0.0668 e. The maximum atomic E-state index is 3.17. The summed E-state index contributed by atoms with van der Waals surface area (Å²) in [6.07, 6.45) is 8.61. The van der Waals surface area contributed by atoms with Crippen LogP contribution in [-0.2, 0) is 0 Å². The molecule has 0 aromatic carbocycles. The Balaban J connectivity index is 2.18. The summed E-state index contributed by atoms with van der Waals surface area (Å²) in [6, 6.07) is 0. The summed E-state index contributed by atoms with van der Waals surface area (Å²) < 4.78 is 0. The first-order valence-corrected chi connectivity index (χ1v) is 3.30. The van der Waals surface area contributed by atoms with Gasteiger partial charge < -0.3 is 5.32 Å². The van der Waals surface area contributed by atoms with Gasteiger partial charge in [0.1, 0.15) is 0 Å². The van der Waals surface area contributed by atoms with E-state index in [0.717, 1.165) is 6.54 Å². The molecular formula is C8H9N. The lowest BCUT2D eigenvalue weighted by Gasteiger charge is -2.11. The lowest BCUT2D eigenvalue weighted by molar-refractivity contribution is 0.618. The van der Waals surface area contributed by atoms with Crippen molar-refractivity contribution in [1.82, 2.24) is 5.32 Å². The van der Waals surface area contributed by atoms with Gasteiger partial charge in [-0.2, -0.15) is 0 Å². The van der Waals surface area contributed by atoms with Crippen LogP contribution in [0.5, 0.6) is 0 Å². The highest BCUT2D eigenvalue weighted by Gasteiger charge is 2.24. The van der Waals surface area contributed by atoms with E-state index in [1.807, 2.05) is 0 Å². The van der Waals surface area contributed by atoms with Gasteiger partial charge in [-0.1, -0.05) is 24.3 Å². The van der Waals surface area contributed by atoms with Crippen molar-refractivity contribution in [2.75, 3.05) is 6.54 Å². The maximum absolute atomic E-state index is 3.17. The van der Waals surface area contributed by atoms with Crippen LogP contribution in [-0.4, -0.2) is 6.54 Å². The molecule has 1 heteroatoms. The van der Waals surface area contributed by atoms with Crippen molar-refractivity contribution >= 4 is 0 Å². The van der Waals surface area contributed by atoms with Crippen molar-refractivity contribution in [1.29, 1.82) is 0 Å². The zero-order valence-corrected chi connectivity index (χ0v) is 5.17. The van der Waals surface area contributed by atoms with E-state index >= 15 is 0 Å². The normalized spacial score (nSPS) is 39.1. The topological polar surface area (TPSA) is 12.0 Å². The quantitative estimate of drug-likeness (QED) is 0.501. The predicted octanol–water partition coefficient (Wildman–Crippen LogP) is 0.987. The second kappa shape index (κ2) is 1.99. The van der Waals surface area contributed by atoms with Crippen LogP contribution in [0.4, 0.5) is 0 Å². The minimum absolute atomic E-state index is 0.537. The molecule has 1 nitrogen and oxygen atoms in total. The molecule has 0 aromatic heterocycles. The monoisotopic (exact) mass is 119 g/mol. The fourth-order valence-corrected chi connectivity index (χ4v) is 1.30. The molecule has 2 unspecified atom stereocenters. The summed E-state index contributed by atoms with van der Waals surface area (Å²) in [7, 11) is 0. The average molecular weight is 119 g/mol. The van der Waals surface area contributed by atoms with Crippen LogP contribution in [0.1, 0.15) is 0 Å². The SMILES string of the molecule is [C]1NCC2C=CC=CC12. The van der Waals surface area contributed by atoms with Crippen LogP contribution in [0.25, 0.3) is 0 Å². The Kier molecular flexibility index (Phi) is 1.16. The summed E-state index contributed by atoms with van der Waals surface area (Å²) in [5.41, 5.74) is 0. The molecule has 0 saturated carbocycles. The molecule has 2 aliphatic rings. The first-order chi connectivity index (χ1) is 4.47. The van der Waals surface area contributed by atoms with Crippen LogP contribution < -0.4 is 5.32 Å². The molecule has 1 aliphatic heterocycles. The molecule has 0 aromatic rings. The van der Waals surface area contributed by atoms with E-state index in [1.54, 1.807) is 0 Å². The van der Waals surface area contributed by atoms with E-state index in [9.17, 15) is 0 Å². The van der Waals surface area contributed by atoms with Crippen LogP contribution >= 0.6 is 0 Å². The van der Waals surface area contributed by atoms with Gasteiger partial charge in [0.25, 0.3) is 0 Å². The van der Waals surface area contributed by atoms with Crippen molar-refractivity contribution in [3.8, 4) is 0 Å². The first kappa shape index (κ1) is 5.24. The van der Waals surface area contributed by atoms with Crippen molar-refractivity contribution < 1.29 is 0 Å². The van der Waals surface area contributed by atoms with E-state index < -0.39 is 0 Å². The van der Waals surface area contributed by atoms with E-state index in [2.05, 4.69) is 36.2 Å². The van der Waals surface area contributed by atoms with E-state index in [4.69, 9.17) is 0 Å². The van der Waals surface area contributed by atoms with Crippen molar-refractivity contribution in [2.45, 2.75) is 0 Å². The molecular weight excluding hydrogens is 110 g/mol. The molecule has 1 fully saturated rings. The third kappa shape index (κ3) is 0.815. The van der Waals surface area contributed by atoms with E-state index in [0.29, 0.717) is 11.8 Å². The Hall–Kier alpha value is -0.560. The van der Waals surface area contributed by atoms with Gasteiger partial charge in [0.05, 0.1) is 6.54 Å².